The van der Waals surface area contributed by atoms with Crippen molar-refractivity contribution in [2.45, 2.75) is 26.4 Å². The molecule has 0 radical (unpaired) electrons. The number of halogens is 1. The van der Waals surface area contributed by atoms with Gasteiger partial charge in [-0.25, -0.2) is 4.39 Å². The molecule has 2 amide bonds. The lowest BCUT2D eigenvalue weighted by Gasteiger charge is -2.27. The minimum atomic E-state index is -0.317. The predicted molar refractivity (Wildman–Crippen MR) is 110 cm³/mol. The van der Waals surface area contributed by atoms with E-state index in [0.717, 1.165) is 22.4 Å². The fourth-order valence-electron chi connectivity index (χ4n) is 3.78. The van der Waals surface area contributed by atoms with E-state index in [-0.39, 0.29) is 24.2 Å². The summed E-state index contributed by atoms with van der Waals surface area (Å²) < 4.78 is 14.8. The third-order valence-corrected chi connectivity index (χ3v) is 5.38. The van der Waals surface area contributed by atoms with Gasteiger partial charge in [-0.2, -0.15) is 5.10 Å². The number of benzene rings is 2. The van der Waals surface area contributed by atoms with Crippen molar-refractivity contribution in [1.82, 2.24) is 20.0 Å². The lowest BCUT2D eigenvalue weighted by molar-refractivity contribution is 0.0730. The van der Waals surface area contributed by atoms with E-state index in [9.17, 15) is 14.0 Å². The fraction of sp³-hybridized carbons (Fsp3) is 0.261. The van der Waals surface area contributed by atoms with E-state index >= 15 is 0 Å². The number of hydrogen-bond acceptors (Lipinski definition) is 3. The third-order valence-electron chi connectivity index (χ3n) is 5.38. The van der Waals surface area contributed by atoms with E-state index in [4.69, 9.17) is 0 Å². The summed E-state index contributed by atoms with van der Waals surface area (Å²) in [5.41, 5.74) is 4.55. The van der Waals surface area contributed by atoms with Crippen molar-refractivity contribution in [1.29, 1.82) is 0 Å². The molecular formula is C23H23FN4O2. The number of aryl methyl sites for hydroxylation is 2. The Morgan fingerprint density at radius 2 is 1.93 bits per heavy atom. The molecule has 4 rings (SSSR count). The molecule has 2 aromatic carbocycles. The van der Waals surface area contributed by atoms with E-state index in [2.05, 4.69) is 10.4 Å². The highest BCUT2D eigenvalue weighted by molar-refractivity contribution is 5.96. The molecule has 0 spiro atoms. The second-order valence-electron chi connectivity index (χ2n) is 7.55. The van der Waals surface area contributed by atoms with Crippen LogP contribution in [0.4, 0.5) is 4.39 Å². The molecule has 1 N–H and O–H groups in total. The Kier molecular flexibility index (Phi) is 5.35. The molecule has 0 aliphatic carbocycles. The summed E-state index contributed by atoms with van der Waals surface area (Å²) in [7, 11) is 1.81. The summed E-state index contributed by atoms with van der Waals surface area (Å²) in [6.45, 7) is 3.15. The number of amides is 2. The molecule has 6 nitrogen and oxygen atoms in total. The van der Waals surface area contributed by atoms with E-state index < -0.39 is 0 Å². The molecule has 30 heavy (non-hydrogen) atoms. The largest absolute Gasteiger partial charge is 0.347 e. The van der Waals surface area contributed by atoms with Crippen LogP contribution in [-0.4, -0.2) is 33.0 Å². The van der Waals surface area contributed by atoms with Gasteiger partial charge in [-0.3, -0.25) is 14.3 Å². The number of carbonyl (C=O) groups is 2. The van der Waals surface area contributed by atoms with Crippen molar-refractivity contribution in [3.05, 3.63) is 88.0 Å². The zero-order valence-corrected chi connectivity index (χ0v) is 17.0. The first-order chi connectivity index (χ1) is 14.4. The number of hydrogen-bond donors (Lipinski definition) is 1. The van der Waals surface area contributed by atoms with Crippen molar-refractivity contribution in [2.24, 2.45) is 7.05 Å². The van der Waals surface area contributed by atoms with E-state index in [1.807, 2.05) is 38.2 Å². The molecule has 7 heteroatoms. The van der Waals surface area contributed by atoms with Crippen LogP contribution in [0.3, 0.4) is 0 Å². The standard InChI is InChI=1S/C23H23FN4O2/c1-15-4-3-5-17(12-15)23(30)28-11-10-20-19(14-28)21(26-27(20)2)22(29)25-13-16-6-8-18(24)9-7-16/h3-9,12H,10-11,13-14H2,1-2H3,(H,25,29). The maximum Gasteiger partial charge on any atom is 0.272 e. The van der Waals surface area contributed by atoms with Gasteiger partial charge in [0.05, 0.1) is 6.54 Å². The van der Waals surface area contributed by atoms with Crippen LogP contribution in [0.5, 0.6) is 0 Å². The molecule has 3 aromatic rings. The van der Waals surface area contributed by atoms with Gasteiger partial charge in [-0.05, 0) is 36.8 Å². The van der Waals surface area contributed by atoms with Gasteiger partial charge in [0, 0.05) is 43.4 Å². The van der Waals surface area contributed by atoms with Crippen LogP contribution < -0.4 is 5.32 Å². The first-order valence-electron chi connectivity index (χ1n) is 9.85. The van der Waals surface area contributed by atoms with Gasteiger partial charge in [-0.15, -0.1) is 0 Å². The van der Waals surface area contributed by atoms with Gasteiger partial charge in [0.25, 0.3) is 11.8 Å². The molecule has 154 valence electrons. The predicted octanol–water partition coefficient (Wildman–Crippen LogP) is 3.00. The highest BCUT2D eigenvalue weighted by Gasteiger charge is 2.29. The van der Waals surface area contributed by atoms with Crippen LogP contribution in [0.2, 0.25) is 0 Å². The van der Waals surface area contributed by atoms with Gasteiger partial charge in [0.2, 0.25) is 0 Å². The second-order valence-corrected chi connectivity index (χ2v) is 7.55. The average molecular weight is 406 g/mol. The Bertz CT molecular complexity index is 1100. The summed E-state index contributed by atoms with van der Waals surface area (Å²) in [6.07, 6.45) is 0.641. The van der Waals surface area contributed by atoms with Crippen LogP contribution >= 0.6 is 0 Å². The summed E-state index contributed by atoms with van der Waals surface area (Å²) in [5, 5.41) is 7.25. The van der Waals surface area contributed by atoms with E-state index in [1.54, 1.807) is 21.7 Å². The van der Waals surface area contributed by atoms with Crippen molar-refractivity contribution >= 4 is 11.8 Å². The first kappa shape index (κ1) is 19.8. The molecule has 1 aliphatic heterocycles. The number of nitrogens with one attached hydrogen (secondary N) is 1. The average Bonchev–Trinajstić information content (AvgIpc) is 3.08. The Morgan fingerprint density at radius 3 is 2.67 bits per heavy atom. The minimum Gasteiger partial charge on any atom is -0.347 e. The highest BCUT2D eigenvalue weighted by atomic mass is 19.1. The molecule has 0 saturated carbocycles. The van der Waals surface area contributed by atoms with Crippen LogP contribution in [0.25, 0.3) is 0 Å². The number of aromatic nitrogens is 2. The molecule has 0 fully saturated rings. The Hall–Kier alpha value is -3.48. The topological polar surface area (TPSA) is 67.2 Å². The van der Waals surface area contributed by atoms with Crippen molar-refractivity contribution in [3.63, 3.8) is 0 Å². The van der Waals surface area contributed by atoms with Gasteiger partial charge in [0.1, 0.15) is 5.82 Å². The zero-order chi connectivity index (χ0) is 21.3. The molecule has 0 unspecified atom stereocenters. The Balaban J connectivity index is 1.51. The second kappa shape index (κ2) is 8.10. The van der Waals surface area contributed by atoms with Crippen LogP contribution in [0, 0.1) is 12.7 Å². The number of carbonyl (C=O) groups excluding carboxylic acids is 2. The summed E-state index contributed by atoms with van der Waals surface area (Å²) in [4.78, 5) is 27.5. The molecule has 0 atom stereocenters. The smallest absolute Gasteiger partial charge is 0.272 e. The number of fused-ring (bicyclic) bond motifs is 1. The van der Waals surface area contributed by atoms with Crippen LogP contribution in [-0.2, 0) is 26.6 Å². The first-order valence-corrected chi connectivity index (χ1v) is 9.85. The van der Waals surface area contributed by atoms with Crippen molar-refractivity contribution in [2.75, 3.05) is 6.54 Å². The fourth-order valence-corrected chi connectivity index (χ4v) is 3.78. The van der Waals surface area contributed by atoms with Gasteiger partial charge in [0.15, 0.2) is 5.69 Å². The van der Waals surface area contributed by atoms with E-state index in [0.29, 0.717) is 30.8 Å². The summed E-state index contributed by atoms with van der Waals surface area (Å²) in [6, 6.07) is 13.5. The quantitative estimate of drug-likeness (QED) is 0.724. The zero-order valence-electron chi connectivity index (χ0n) is 17.0. The van der Waals surface area contributed by atoms with E-state index in [1.165, 1.54) is 12.1 Å². The van der Waals surface area contributed by atoms with Crippen LogP contribution in [0.1, 0.15) is 43.2 Å². The maximum atomic E-state index is 13.1. The summed E-state index contributed by atoms with van der Waals surface area (Å²) >= 11 is 0. The lowest BCUT2D eigenvalue weighted by atomic mass is 10.0. The van der Waals surface area contributed by atoms with Gasteiger partial charge < -0.3 is 10.2 Å². The molecule has 0 bridgehead atoms. The Labute approximate surface area is 174 Å². The lowest BCUT2D eigenvalue weighted by Crippen LogP contribution is -2.37. The molecular weight excluding hydrogens is 383 g/mol. The monoisotopic (exact) mass is 406 g/mol. The molecule has 1 aliphatic rings. The Morgan fingerprint density at radius 1 is 1.17 bits per heavy atom. The third kappa shape index (κ3) is 3.96. The maximum absolute atomic E-state index is 13.1. The summed E-state index contributed by atoms with van der Waals surface area (Å²) in [5.74, 6) is -0.672. The minimum absolute atomic E-state index is 0.0501. The SMILES string of the molecule is Cc1cccc(C(=O)N2CCc3c(c(C(=O)NCc4ccc(F)cc4)nn3C)C2)c1. The van der Waals surface area contributed by atoms with Crippen molar-refractivity contribution in [3.8, 4) is 0 Å². The molecule has 2 heterocycles. The normalized spacial score (nSPS) is 13.1. The molecule has 0 saturated heterocycles. The number of rotatable bonds is 4. The van der Waals surface area contributed by atoms with Gasteiger partial charge in [-0.1, -0.05) is 29.8 Å². The number of nitrogens with zero attached hydrogens (tertiary/aromatic N) is 3. The van der Waals surface area contributed by atoms with Crippen LogP contribution in [0.15, 0.2) is 48.5 Å². The van der Waals surface area contributed by atoms with Crippen molar-refractivity contribution < 1.29 is 14.0 Å². The molecule has 1 aromatic heterocycles. The van der Waals surface area contributed by atoms with Gasteiger partial charge >= 0.3 is 0 Å². The highest BCUT2D eigenvalue weighted by Crippen LogP contribution is 2.24.